The molecule has 0 amide bonds. The maximum Gasteiger partial charge on any atom is 0.105 e. The number of thioether (sulfide) groups is 1. The zero-order chi connectivity index (χ0) is 13.9. The number of nitrogens with zero attached hydrogens (tertiary/aromatic N) is 3. The summed E-state index contributed by atoms with van der Waals surface area (Å²) in [5.74, 6) is 2.37. The summed E-state index contributed by atoms with van der Waals surface area (Å²) in [4.78, 5) is 6.98. The summed E-state index contributed by atoms with van der Waals surface area (Å²) in [5.41, 5.74) is 0. The van der Waals surface area contributed by atoms with Crippen LogP contribution in [0.1, 0.15) is 39.4 Å². The van der Waals surface area contributed by atoms with Gasteiger partial charge < -0.3 is 4.57 Å². The van der Waals surface area contributed by atoms with Crippen molar-refractivity contribution in [3.8, 4) is 0 Å². The zero-order valence-corrected chi connectivity index (χ0v) is 13.5. The van der Waals surface area contributed by atoms with Crippen molar-refractivity contribution in [1.29, 1.82) is 0 Å². The molecule has 0 aromatic carbocycles. The Hall–Kier alpha value is -0.480. The first-order valence-electron chi connectivity index (χ1n) is 7.31. The fraction of sp³-hybridized carbons (Fsp3) is 0.800. The third-order valence-electron chi connectivity index (χ3n) is 3.74. The van der Waals surface area contributed by atoms with Crippen molar-refractivity contribution in [3.05, 3.63) is 18.2 Å². The summed E-state index contributed by atoms with van der Waals surface area (Å²) >= 11 is 2.07. The Balaban J connectivity index is 1.82. The van der Waals surface area contributed by atoms with Gasteiger partial charge in [-0.2, -0.15) is 11.8 Å². The molecule has 0 saturated carbocycles. The average Bonchev–Trinajstić information content (AvgIpc) is 2.89. The van der Waals surface area contributed by atoms with E-state index in [9.17, 15) is 0 Å². The molecular formula is C15H27N3S. The van der Waals surface area contributed by atoms with E-state index in [0.717, 1.165) is 12.4 Å². The Kier molecular flexibility index (Phi) is 4.96. The molecule has 2 rings (SSSR count). The minimum absolute atomic E-state index is 0.385. The number of aryl methyl sites for hydroxylation is 1. The van der Waals surface area contributed by atoms with Gasteiger partial charge in [-0.3, -0.25) is 4.90 Å². The first kappa shape index (κ1) is 14.9. The van der Waals surface area contributed by atoms with Crippen molar-refractivity contribution in [1.82, 2.24) is 14.5 Å². The predicted molar refractivity (Wildman–Crippen MR) is 83.8 cm³/mol. The summed E-state index contributed by atoms with van der Waals surface area (Å²) in [7, 11) is 0. The van der Waals surface area contributed by atoms with Crippen LogP contribution in [0.5, 0.6) is 0 Å². The molecule has 1 fully saturated rings. The van der Waals surface area contributed by atoms with Crippen LogP contribution in [-0.2, 0) is 6.54 Å². The minimum Gasteiger partial charge on any atom is -0.334 e. The second-order valence-electron chi connectivity index (χ2n) is 6.42. The third kappa shape index (κ3) is 4.53. The molecule has 3 nitrogen and oxygen atoms in total. The van der Waals surface area contributed by atoms with E-state index in [1.165, 1.54) is 31.7 Å². The van der Waals surface area contributed by atoms with Gasteiger partial charge in [-0.25, -0.2) is 4.98 Å². The normalized spacial score (nSPS) is 21.2. The van der Waals surface area contributed by atoms with Crippen molar-refractivity contribution >= 4 is 11.8 Å². The molecular weight excluding hydrogens is 254 g/mol. The van der Waals surface area contributed by atoms with Gasteiger partial charge in [0, 0.05) is 42.0 Å². The first-order valence-corrected chi connectivity index (χ1v) is 8.30. The van der Waals surface area contributed by atoms with Crippen LogP contribution in [0.15, 0.2) is 12.4 Å². The summed E-state index contributed by atoms with van der Waals surface area (Å²) < 4.78 is 2.68. The van der Waals surface area contributed by atoms with E-state index < -0.39 is 0 Å². The van der Waals surface area contributed by atoms with E-state index in [0.29, 0.717) is 10.8 Å². The van der Waals surface area contributed by atoms with Gasteiger partial charge in [0.25, 0.3) is 0 Å². The molecule has 0 aliphatic carbocycles. The van der Waals surface area contributed by atoms with Crippen LogP contribution >= 0.6 is 11.8 Å². The highest BCUT2D eigenvalue weighted by molar-refractivity contribution is 8.00. The lowest BCUT2D eigenvalue weighted by Gasteiger charge is -2.26. The Morgan fingerprint density at radius 3 is 2.84 bits per heavy atom. The Labute approximate surface area is 121 Å². The average molecular weight is 281 g/mol. The van der Waals surface area contributed by atoms with Crippen molar-refractivity contribution < 1.29 is 0 Å². The summed E-state index contributed by atoms with van der Waals surface area (Å²) in [6, 6.07) is 0.702. The molecule has 4 heteroatoms. The smallest absolute Gasteiger partial charge is 0.105 e. The molecule has 1 aliphatic rings. The minimum atomic E-state index is 0.385. The maximum atomic E-state index is 4.32. The van der Waals surface area contributed by atoms with E-state index >= 15 is 0 Å². The molecule has 1 aromatic heterocycles. The van der Waals surface area contributed by atoms with Gasteiger partial charge in [0.15, 0.2) is 0 Å². The molecule has 1 atom stereocenters. The van der Waals surface area contributed by atoms with Gasteiger partial charge in [-0.1, -0.05) is 20.8 Å². The number of likely N-dealkylation sites (tertiary alicyclic amines) is 1. The van der Waals surface area contributed by atoms with Crippen LogP contribution in [0.4, 0.5) is 0 Å². The molecule has 1 unspecified atom stereocenters. The third-order valence-corrected chi connectivity index (χ3v) is 5.00. The van der Waals surface area contributed by atoms with E-state index in [2.05, 4.69) is 60.1 Å². The molecule has 0 radical (unpaired) electrons. The Morgan fingerprint density at radius 2 is 2.21 bits per heavy atom. The highest BCUT2D eigenvalue weighted by Gasteiger charge is 2.25. The SMILES string of the molecule is Cc1nccn1CC1CCCN1CCSC(C)(C)C. The van der Waals surface area contributed by atoms with Crippen LogP contribution < -0.4 is 0 Å². The fourth-order valence-corrected chi connectivity index (χ4v) is 3.63. The lowest BCUT2D eigenvalue weighted by atomic mass is 10.2. The predicted octanol–water partition coefficient (Wildman–Crippen LogP) is 3.19. The topological polar surface area (TPSA) is 21.1 Å². The molecule has 0 N–H and O–H groups in total. The van der Waals surface area contributed by atoms with Gasteiger partial charge in [0.1, 0.15) is 5.82 Å². The summed E-state index contributed by atoms with van der Waals surface area (Å²) in [6.45, 7) is 12.6. The van der Waals surface area contributed by atoms with E-state index in [4.69, 9.17) is 0 Å². The van der Waals surface area contributed by atoms with Crippen molar-refractivity contribution in [2.24, 2.45) is 0 Å². The molecule has 1 aromatic rings. The molecule has 108 valence electrons. The van der Waals surface area contributed by atoms with Crippen LogP contribution in [0, 0.1) is 6.92 Å². The highest BCUT2D eigenvalue weighted by Crippen LogP contribution is 2.25. The van der Waals surface area contributed by atoms with Crippen LogP contribution in [0.2, 0.25) is 0 Å². The first-order chi connectivity index (χ1) is 8.96. The molecule has 0 bridgehead atoms. The number of aromatic nitrogens is 2. The molecule has 1 aliphatic heterocycles. The monoisotopic (exact) mass is 281 g/mol. The summed E-state index contributed by atoms with van der Waals surface area (Å²) in [5, 5.41) is 0. The number of imidazole rings is 1. The van der Waals surface area contributed by atoms with E-state index in [1.807, 2.05) is 6.20 Å². The second-order valence-corrected chi connectivity index (χ2v) is 8.34. The van der Waals surface area contributed by atoms with Crippen molar-refractivity contribution in [2.45, 2.75) is 57.9 Å². The summed E-state index contributed by atoms with van der Waals surface area (Å²) in [6.07, 6.45) is 6.69. The van der Waals surface area contributed by atoms with Crippen LogP contribution in [0.25, 0.3) is 0 Å². The fourth-order valence-electron chi connectivity index (χ4n) is 2.69. The maximum absolute atomic E-state index is 4.32. The van der Waals surface area contributed by atoms with Gasteiger partial charge in [0.05, 0.1) is 0 Å². The zero-order valence-electron chi connectivity index (χ0n) is 12.7. The molecule has 2 heterocycles. The van der Waals surface area contributed by atoms with Crippen LogP contribution in [0.3, 0.4) is 0 Å². The van der Waals surface area contributed by atoms with E-state index in [1.54, 1.807) is 0 Å². The van der Waals surface area contributed by atoms with Crippen LogP contribution in [-0.4, -0.2) is 44.1 Å². The lowest BCUT2D eigenvalue weighted by Crippen LogP contribution is -2.35. The molecule has 19 heavy (non-hydrogen) atoms. The van der Waals surface area contributed by atoms with Gasteiger partial charge in [-0.05, 0) is 26.3 Å². The lowest BCUT2D eigenvalue weighted by molar-refractivity contribution is 0.245. The quantitative estimate of drug-likeness (QED) is 0.827. The number of rotatable bonds is 5. The van der Waals surface area contributed by atoms with Gasteiger partial charge in [0.2, 0.25) is 0 Å². The number of hydrogen-bond donors (Lipinski definition) is 0. The number of hydrogen-bond acceptors (Lipinski definition) is 3. The highest BCUT2D eigenvalue weighted by atomic mass is 32.2. The Morgan fingerprint density at radius 1 is 1.42 bits per heavy atom. The molecule has 1 saturated heterocycles. The molecule has 0 spiro atoms. The van der Waals surface area contributed by atoms with Gasteiger partial charge in [-0.15, -0.1) is 0 Å². The van der Waals surface area contributed by atoms with Crippen molar-refractivity contribution in [2.75, 3.05) is 18.8 Å². The second kappa shape index (κ2) is 6.31. The van der Waals surface area contributed by atoms with E-state index in [-0.39, 0.29) is 0 Å². The Bertz CT molecular complexity index is 394. The van der Waals surface area contributed by atoms with Crippen molar-refractivity contribution in [3.63, 3.8) is 0 Å². The standard InChI is InChI=1S/C15H27N3S/c1-13-16-7-9-18(13)12-14-6-5-8-17(14)10-11-19-15(2,3)4/h7,9,14H,5-6,8,10-12H2,1-4H3. The largest absolute Gasteiger partial charge is 0.334 e. The van der Waals surface area contributed by atoms with Gasteiger partial charge >= 0.3 is 0 Å².